The first-order chi connectivity index (χ1) is 13.2. The highest BCUT2D eigenvalue weighted by Crippen LogP contribution is 2.14. The highest BCUT2D eigenvalue weighted by molar-refractivity contribution is 5.93. The summed E-state index contributed by atoms with van der Waals surface area (Å²) in [4.78, 5) is 31.3. The average molecular weight is 374 g/mol. The maximum Gasteiger partial charge on any atom is 0.321 e. The van der Waals surface area contributed by atoms with E-state index in [2.05, 4.69) is 25.3 Å². The fourth-order valence-electron chi connectivity index (χ4n) is 2.47. The Labute approximate surface area is 156 Å². The molecule has 27 heavy (non-hydrogen) atoms. The third-order valence-corrected chi connectivity index (χ3v) is 3.82. The minimum atomic E-state index is -0.280. The lowest BCUT2D eigenvalue weighted by molar-refractivity contribution is 0.0949. The van der Waals surface area contributed by atoms with Gasteiger partial charge in [0.1, 0.15) is 0 Å². The molecule has 1 fully saturated rings. The van der Waals surface area contributed by atoms with Crippen LogP contribution in [0, 0.1) is 0 Å². The van der Waals surface area contributed by atoms with Gasteiger partial charge in [-0.3, -0.25) is 4.79 Å². The molecule has 1 amide bonds. The van der Waals surface area contributed by atoms with Gasteiger partial charge in [-0.15, -0.1) is 0 Å². The molecular weight excluding hydrogens is 352 g/mol. The largest absolute Gasteiger partial charge is 0.478 e. The molecule has 0 radical (unpaired) electrons. The van der Waals surface area contributed by atoms with Gasteiger partial charge in [0.15, 0.2) is 5.82 Å². The number of hydrogen-bond acceptors (Lipinski definition) is 9. The van der Waals surface area contributed by atoms with E-state index < -0.39 is 0 Å². The van der Waals surface area contributed by atoms with Crippen molar-refractivity contribution in [3.05, 3.63) is 29.7 Å². The van der Waals surface area contributed by atoms with Crippen LogP contribution in [0.5, 0.6) is 11.9 Å². The summed E-state index contributed by atoms with van der Waals surface area (Å²) < 4.78 is 15.8. The highest BCUT2D eigenvalue weighted by Gasteiger charge is 2.17. The number of rotatable bonds is 7. The third kappa shape index (κ3) is 5.00. The van der Waals surface area contributed by atoms with Crippen LogP contribution in [-0.4, -0.2) is 65.9 Å². The molecule has 2 aromatic rings. The molecule has 3 heterocycles. The number of hydrogen-bond donors (Lipinski definition) is 1. The van der Waals surface area contributed by atoms with Crippen molar-refractivity contribution in [3.63, 3.8) is 0 Å². The zero-order valence-electron chi connectivity index (χ0n) is 15.3. The highest BCUT2D eigenvalue weighted by atomic mass is 16.5. The number of carbonyl (C=O) groups is 1. The lowest BCUT2D eigenvalue weighted by Crippen LogP contribution is -2.37. The van der Waals surface area contributed by atoms with Crippen LogP contribution in [0.3, 0.4) is 0 Å². The van der Waals surface area contributed by atoms with Crippen LogP contribution < -0.4 is 19.7 Å². The van der Waals surface area contributed by atoms with Gasteiger partial charge in [0.05, 0.1) is 39.0 Å². The molecule has 0 aromatic carbocycles. The SMILES string of the molecule is CCOc1ccc(C(=O)NCc2nc(OC)nc(N3CCOCC3)n2)cn1. The minimum absolute atomic E-state index is 0.141. The second kappa shape index (κ2) is 9.08. The van der Waals surface area contributed by atoms with Crippen molar-refractivity contribution in [3.8, 4) is 11.9 Å². The van der Waals surface area contributed by atoms with E-state index in [0.717, 1.165) is 0 Å². The van der Waals surface area contributed by atoms with E-state index in [1.54, 1.807) is 12.1 Å². The van der Waals surface area contributed by atoms with Crippen LogP contribution in [0.25, 0.3) is 0 Å². The zero-order chi connectivity index (χ0) is 19.1. The van der Waals surface area contributed by atoms with Gasteiger partial charge >= 0.3 is 6.01 Å². The Bertz CT molecular complexity index is 765. The van der Waals surface area contributed by atoms with Gasteiger partial charge in [-0.25, -0.2) is 4.98 Å². The van der Waals surface area contributed by atoms with Gasteiger partial charge in [-0.05, 0) is 13.0 Å². The summed E-state index contributed by atoms with van der Waals surface area (Å²) in [5.41, 5.74) is 0.424. The molecule has 0 saturated carbocycles. The number of methoxy groups -OCH3 is 1. The average Bonchev–Trinajstić information content (AvgIpc) is 2.73. The minimum Gasteiger partial charge on any atom is -0.478 e. The molecule has 1 aliphatic rings. The first kappa shape index (κ1) is 18.8. The second-order valence-electron chi connectivity index (χ2n) is 5.64. The molecule has 144 valence electrons. The number of carbonyl (C=O) groups excluding carboxylic acids is 1. The van der Waals surface area contributed by atoms with E-state index >= 15 is 0 Å². The third-order valence-electron chi connectivity index (χ3n) is 3.82. The molecule has 0 bridgehead atoms. The maximum atomic E-state index is 12.3. The fourth-order valence-corrected chi connectivity index (χ4v) is 2.47. The second-order valence-corrected chi connectivity index (χ2v) is 5.64. The fraction of sp³-hybridized carbons (Fsp3) is 0.471. The number of nitrogens with one attached hydrogen (secondary N) is 1. The van der Waals surface area contributed by atoms with Crippen molar-refractivity contribution >= 4 is 11.9 Å². The monoisotopic (exact) mass is 374 g/mol. The summed E-state index contributed by atoms with van der Waals surface area (Å²) in [7, 11) is 1.49. The maximum absolute atomic E-state index is 12.3. The van der Waals surface area contributed by atoms with Gasteiger partial charge in [0.2, 0.25) is 11.8 Å². The predicted molar refractivity (Wildman–Crippen MR) is 96.0 cm³/mol. The molecule has 0 atom stereocenters. The van der Waals surface area contributed by atoms with Crippen molar-refractivity contribution in [2.75, 3.05) is 44.9 Å². The van der Waals surface area contributed by atoms with E-state index in [-0.39, 0.29) is 18.5 Å². The van der Waals surface area contributed by atoms with Crippen molar-refractivity contribution in [2.24, 2.45) is 0 Å². The van der Waals surface area contributed by atoms with Gasteiger partial charge in [-0.2, -0.15) is 15.0 Å². The standard InChI is InChI=1S/C17H22N6O4/c1-3-27-14-5-4-12(10-18-14)15(24)19-11-13-20-16(22-17(21-13)25-2)23-6-8-26-9-7-23/h4-5,10H,3,6-9,11H2,1-2H3,(H,19,24). The molecule has 0 unspecified atom stereocenters. The Kier molecular flexibility index (Phi) is 6.31. The summed E-state index contributed by atoms with van der Waals surface area (Å²) in [6.45, 7) is 5.15. The molecule has 0 aliphatic carbocycles. The quantitative estimate of drug-likeness (QED) is 0.738. The lowest BCUT2D eigenvalue weighted by atomic mass is 10.2. The van der Waals surface area contributed by atoms with E-state index in [0.29, 0.717) is 56.1 Å². The molecule has 1 N–H and O–H groups in total. The molecule has 10 nitrogen and oxygen atoms in total. The lowest BCUT2D eigenvalue weighted by Gasteiger charge is -2.26. The smallest absolute Gasteiger partial charge is 0.321 e. The van der Waals surface area contributed by atoms with Crippen LogP contribution in [0.1, 0.15) is 23.1 Å². The Morgan fingerprint density at radius 1 is 1.26 bits per heavy atom. The summed E-state index contributed by atoms with van der Waals surface area (Å²) >= 11 is 0. The number of ether oxygens (including phenoxy) is 3. The van der Waals surface area contributed by atoms with Gasteiger partial charge in [-0.1, -0.05) is 0 Å². The zero-order valence-corrected chi connectivity index (χ0v) is 15.3. The molecule has 10 heteroatoms. The molecular formula is C17H22N6O4. The normalized spacial score (nSPS) is 13.9. The Balaban J connectivity index is 1.66. The van der Waals surface area contributed by atoms with E-state index in [1.807, 2.05) is 11.8 Å². The Morgan fingerprint density at radius 2 is 2.07 bits per heavy atom. The van der Waals surface area contributed by atoms with Crippen LogP contribution in [0.2, 0.25) is 0 Å². The number of morpholine rings is 1. The van der Waals surface area contributed by atoms with Crippen LogP contribution in [0.4, 0.5) is 5.95 Å². The van der Waals surface area contributed by atoms with Gasteiger partial charge < -0.3 is 24.4 Å². The van der Waals surface area contributed by atoms with Gasteiger partial charge in [0, 0.05) is 25.4 Å². The number of aromatic nitrogens is 4. The molecule has 2 aromatic heterocycles. The summed E-state index contributed by atoms with van der Waals surface area (Å²) in [5.74, 6) is 1.12. The van der Waals surface area contributed by atoms with Gasteiger partial charge in [0.25, 0.3) is 5.91 Å². The number of pyridine rings is 1. The molecule has 1 saturated heterocycles. The van der Waals surface area contributed by atoms with Crippen molar-refractivity contribution in [1.29, 1.82) is 0 Å². The molecule has 3 rings (SSSR count). The first-order valence-corrected chi connectivity index (χ1v) is 8.68. The van der Waals surface area contributed by atoms with E-state index in [9.17, 15) is 4.79 Å². The van der Waals surface area contributed by atoms with Crippen LogP contribution in [0.15, 0.2) is 18.3 Å². The van der Waals surface area contributed by atoms with E-state index in [1.165, 1.54) is 13.3 Å². The van der Waals surface area contributed by atoms with Crippen LogP contribution >= 0.6 is 0 Å². The number of nitrogens with zero attached hydrogens (tertiary/aromatic N) is 5. The first-order valence-electron chi connectivity index (χ1n) is 8.68. The summed E-state index contributed by atoms with van der Waals surface area (Å²) in [6.07, 6.45) is 1.47. The Hall–Kier alpha value is -3.01. The van der Waals surface area contributed by atoms with Crippen molar-refractivity contribution in [2.45, 2.75) is 13.5 Å². The Morgan fingerprint density at radius 3 is 2.74 bits per heavy atom. The predicted octanol–water partition coefficient (Wildman–Crippen LogP) is 0.441. The number of anilines is 1. The topological polar surface area (TPSA) is 112 Å². The summed E-state index contributed by atoms with van der Waals surface area (Å²) in [5, 5.41) is 2.78. The molecule has 0 spiro atoms. The van der Waals surface area contributed by atoms with Crippen molar-refractivity contribution in [1.82, 2.24) is 25.3 Å². The number of amides is 1. The van der Waals surface area contributed by atoms with Crippen LogP contribution in [-0.2, 0) is 11.3 Å². The summed E-state index contributed by atoms with van der Waals surface area (Å²) in [6, 6.07) is 3.51. The molecule has 1 aliphatic heterocycles. The van der Waals surface area contributed by atoms with E-state index in [4.69, 9.17) is 14.2 Å². The van der Waals surface area contributed by atoms with Crippen molar-refractivity contribution < 1.29 is 19.0 Å².